The molecule has 0 radical (unpaired) electrons. The van der Waals surface area contributed by atoms with E-state index in [9.17, 15) is 4.79 Å². The summed E-state index contributed by atoms with van der Waals surface area (Å²) >= 11 is 0. The monoisotopic (exact) mass is 288 g/mol. The smallest absolute Gasteiger partial charge is 0.252 e. The molecule has 0 spiro atoms. The standard InChI is InChI=1S/C14H20N6O/c1-10-8-19(9-11(10)18(2)3)13(21)7-12-16-14-15-5-4-6-20(14)17-12/h4-6,10-11H,7-9H2,1-3H3/t10-,11+/m1/s1. The lowest BCUT2D eigenvalue weighted by atomic mass is 10.1. The molecule has 1 saturated heterocycles. The summed E-state index contributed by atoms with van der Waals surface area (Å²) in [6.07, 6.45) is 3.68. The molecule has 2 aromatic rings. The first-order chi connectivity index (χ1) is 10.0. The molecule has 112 valence electrons. The van der Waals surface area contributed by atoms with E-state index in [4.69, 9.17) is 0 Å². The summed E-state index contributed by atoms with van der Waals surface area (Å²) < 4.78 is 1.60. The van der Waals surface area contributed by atoms with Gasteiger partial charge in [-0.15, -0.1) is 5.10 Å². The van der Waals surface area contributed by atoms with Gasteiger partial charge in [0.05, 0.1) is 6.42 Å². The van der Waals surface area contributed by atoms with E-state index in [0.29, 0.717) is 23.6 Å². The number of carbonyl (C=O) groups excluding carboxylic acids is 1. The molecule has 2 aromatic heterocycles. The summed E-state index contributed by atoms with van der Waals surface area (Å²) in [4.78, 5) is 24.9. The number of fused-ring (bicyclic) bond motifs is 1. The summed E-state index contributed by atoms with van der Waals surface area (Å²) in [6, 6.07) is 2.21. The molecule has 0 aromatic carbocycles. The van der Waals surface area contributed by atoms with Crippen molar-refractivity contribution in [2.45, 2.75) is 19.4 Å². The van der Waals surface area contributed by atoms with Crippen molar-refractivity contribution < 1.29 is 4.79 Å². The Balaban J connectivity index is 1.69. The van der Waals surface area contributed by atoms with Crippen LogP contribution in [0.25, 0.3) is 5.78 Å². The van der Waals surface area contributed by atoms with E-state index in [0.717, 1.165) is 13.1 Å². The van der Waals surface area contributed by atoms with Crippen LogP contribution in [0.4, 0.5) is 0 Å². The van der Waals surface area contributed by atoms with Crippen molar-refractivity contribution in [1.29, 1.82) is 0 Å². The van der Waals surface area contributed by atoms with Crippen molar-refractivity contribution in [1.82, 2.24) is 29.4 Å². The van der Waals surface area contributed by atoms with Crippen LogP contribution in [-0.2, 0) is 11.2 Å². The molecule has 7 heteroatoms. The largest absolute Gasteiger partial charge is 0.340 e. The van der Waals surface area contributed by atoms with Gasteiger partial charge in [-0.05, 0) is 26.1 Å². The number of carbonyl (C=O) groups is 1. The fraction of sp³-hybridized carbons (Fsp3) is 0.571. The molecule has 3 rings (SSSR count). The Hall–Kier alpha value is -2.02. The zero-order chi connectivity index (χ0) is 15.0. The van der Waals surface area contributed by atoms with Crippen molar-refractivity contribution in [3.8, 4) is 0 Å². The molecule has 0 saturated carbocycles. The molecule has 0 aliphatic carbocycles. The Morgan fingerprint density at radius 2 is 2.24 bits per heavy atom. The zero-order valence-electron chi connectivity index (χ0n) is 12.6. The van der Waals surface area contributed by atoms with E-state index in [1.165, 1.54) is 0 Å². The number of likely N-dealkylation sites (tertiary alicyclic amines) is 1. The van der Waals surface area contributed by atoms with Crippen LogP contribution in [0.2, 0.25) is 0 Å². The van der Waals surface area contributed by atoms with E-state index in [-0.39, 0.29) is 12.3 Å². The lowest BCUT2D eigenvalue weighted by molar-refractivity contribution is -0.129. The minimum Gasteiger partial charge on any atom is -0.340 e. The summed E-state index contributed by atoms with van der Waals surface area (Å²) in [5, 5.41) is 4.28. The van der Waals surface area contributed by atoms with E-state index >= 15 is 0 Å². The van der Waals surface area contributed by atoms with Crippen molar-refractivity contribution in [2.24, 2.45) is 5.92 Å². The molecule has 7 nitrogen and oxygen atoms in total. The third kappa shape index (κ3) is 2.73. The van der Waals surface area contributed by atoms with Crippen molar-refractivity contribution in [3.63, 3.8) is 0 Å². The van der Waals surface area contributed by atoms with E-state index in [1.54, 1.807) is 23.0 Å². The Kier molecular flexibility index (Phi) is 3.59. The van der Waals surface area contributed by atoms with Gasteiger partial charge in [0, 0.05) is 31.5 Å². The number of amides is 1. The highest BCUT2D eigenvalue weighted by Crippen LogP contribution is 2.20. The Morgan fingerprint density at radius 3 is 2.90 bits per heavy atom. The van der Waals surface area contributed by atoms with Crippen LogP contribution in [0, 0.1) is 5.92 Å². The van der Waals surface area contributed by atoms with Gasteiger partial charge >= 0.3 is 0 Å². The number of rotatable bonds is 3. The number of hydrogen-bond acceptors (Lipinski definition) is 5. The first kappa shape index (κ1) is 13.9. The molecular weight excluding hydrogens is 268 g/mol. The van der Waals surface area contributed by atoms with Crippen molar-refractivity contribution in [2.75, 3.05) is 27.2 Å². The van der Waals surface area contributed by atoms with Gasteiger partial charge in [0.1, 0.15) is 0 Å². The topological polar surface area (TPSA) is 66.6 Å². The average Bonchev–Trinajstić information content (AvgIpc) is 3.01. The van der Waals surface area contributed by atoms with Crippen LogP contribution in [0.1, 0.15) is 12.7 Å². The highest BCUT2D eigenvalue weighted by Gasteiger charge is 2.33. The molecule has 21 heavy (non-hydrogen) atoms. The summed E-state index contributed by atoms with van der Waals surface area (Å²) in [5.74, 6) is 1.63. The first-order valence-electron chi connectivity index (χ1n) is 7.15. The first-order valence-corrected chi connectivity index (χ1v) is 7.15. The summed E-state index contributed by atoms with van der Waals surface area (Å²) in [5.41, 5.74) is 0. The molecule has 2 atom stereocenters. The van der Waals surface area contributed by atoms with Gasteiger partial charge < -0.3 is 9.80 Å². The zero-order valence-corrected chi connectivity index (χ0v) is 12.6. The van der Waals surface area contributed by atoms with Crippen LogP contribution in [0.3, 0.4) is 0 Å². The van der Waals surface area contributed by atoms with E-state index in [2.05, 4.69) is 41.0 Å². The van der Waals surface area contributed by atoms with Gasteiger partial charge in [-0.3, -0.25) is 4.79 Å². The van der Waals surface area contributed by atoms with Gasteiger partial charge in [-0.1, -0.05) is 6.92 Å². The Morgan fingerprint density at radius 1 is 1.43 bits per heavy atom. The predicted octanol–water partition coefficient (Wildman–Crippen LogP) is 0.0753. The molecule has 3 heterocycles. The third-order valence-corrected chi connectivity index (χ3v) is 4.06. The Labute approximate surface area is 123 Å². The van der Waals surface area contributed by atoms with Crippen LogP contribution in [0.15, 0.2) is 18.5 Å². The molecule has 1 aliphatic heterocycles. The van der Waals surface area contributed by atoms with Crippen LogP contribution >= 0.6 is 0 Å². The minimum atomic E-state index is 0.0853. The molecule has 1 fully saturated rings. The van der Waals surface area contributed by atoms with Crippen molar-refractivity contribution >= 4 is 11.7 Å². The maximum Gasteiger partial charge on any atom is 0.252 e. The second-order valence-electron chi connectivity index (χ2n) is 5.88. The molecule has 0 unspecified atom stereocenters. The SMILES string of the molecule is C[C@@H]1CN(C(=O)Cc2nc3ncccn3n2)C[C@@H]1N(C)C. The van der Waals surface area contributed by atoms with E-state index in [1.807, 2.05) is 4.90 Å². The molecular formula is C14H20N6O. The number of aromatic nitrogens is 4. The third-order valence-electron chi connectivity index (χ3n) is 4.06. The predicted molar refractivity (Wildman–Crippen MR) is 77.7 cm³/mol. The number of hydrogen-bond donors (Lipinski definition) is 0. The number of nitrogens with zero attached hydrogens (tertiary/aromatic N) is 6. The van der Waals surface area contributed by atoms with Gasteiger partial charge in [0.25, 0.3) is 5.78 Å². The highest BCUT2D eigenvalue weighted by atomic mass is 16.2. The van der Waals surface area contributed by atoms with Crippen molar-refractivity contribution in [3.05, 3.63) is 24.3 Å². The second-order valence-corrected chi connectivity index (χ2v) is 5.88. The lowest BCUT2D eigenvalue weighted by Crippen LogP contribution is -2.36. The second kappa shape index (κ2) is 5.40. The summed E-state index contributed by atoms with van der Waals surface area (Å²) in [6.45, 7) is 3.76. The highest BCUT2D eigenvalue weighted by molar-refractivity contribution is 5.78. The maximum atomic E-state index is 12.4. The fourth-order valence-corrected chi connectivity index (χ4v) is 2.92. The van der Waals surface area contributed by atoms with E-state index < -0.39 is 0 Å². The van der Waals surface area contributed by atoms with Crippen LogP contribution in [0.5, 0.6) is 0 Å². The van der Waals surface area contributed by atoms with Gasteiger partial charge in [-0.2, -0.15) is 4.98 Å². The van der Waals surface area contributed by atoms with Crippen LogP contribution < -0.4 is 0 Å². The minimum absolute atomic E-state index is 0.0853. The normalized spacial score (nSPS) is 22.4. The lowest BCUT2D eigenvalue weighted by Gasteiger charge is -2.22. The Bertz CT molecular complexity index is 619. The molecule has 1 amide bonds. The summed E-state index contributed by atoms with van der Waals surface area (Å²) in [7, 11) is 4.12. The number of likely N-dealkylation sites (N-methyl/N-ethyl adjacent to an activating group) is 1. The van der Waals surface area contributed by atoms with Gasteiger partial charge in [0.15, 0.2) is 5.82 Å². The maximum absolute atomic E-state index is 12.4. The average molecular weight is 288 g/mol. The van der Waals surface area contributed by atoms with Gasteiger partial charge in [-0.25, -0.2) is 9.50 Å². The van der Waals surface area contributed by atoms with Gasteiger partial charge in [0.2, 0.25) is 5.91 Å². The fourth-order valence-electron chi connectivity index (χ4n) is 2.92. The van der Waals surface area contributed by atoms with Crippen LogP contribution in [-0.4, -0.2) is 68.5 Å². The molecule has 0 N–H and O–H groups in total. The molecule has 1 aliphatic rings. The molecule has 0 bridgehead atoms. The quantitative estimate of drug-likeness (QED) is 0.800.